The molecule has 0 bridgehead atoms. The van der Waals surface area contributed by atoms with Gasteiger partial charge in [-0.3, -0.25) is 4.79 Å². The van der Waals surface area contributed by atoms with E-state index >= 15 is 0 Å². The Morgan fingerprint density at radius 1 is 1.43 bits per heavy atom. The maximum absolute atomic E-state index is 12.0. The SMILES string of the molecule is Cc1noc(C)c1CC(C)NC(=O)c1cc(C(=O)O)co1. The van der Waals surface area contributed by atoms with Crippen LogP contribution in [-0.4, -0.2) is 28.2 Å². The van der Waals surface area contributed by atoms with E-state index in [0.29, 0.717) is 6.42 Å². The van der Waals surface area contributed by atoms with Crippen molar-refractivity contribution in [3.05, 3.63) is 40.7 Å². The summed E-state index contributed by atoms with van der Waals surface area (Å²) in [6, 6.07) is 1.02. The molecule has 0 aliphatic heterocycles. The van der Waals surface area contributed by atoms with Gasteiger partial charge < -0.3 is 19.4 Å². The van der Waals surface area contributed by atoms with Gasteiger partial charge in [-0.15, -0.1) is 0 Å². The van der Waals surface area contributed by atoms with Crippen LogP contribution in [0.1, 0.15) is 44.9 Å². The average Bonchev–Trinajstić information content (AvgIpc) is 3.01. The van der Waals surface area contributed by atoms with Gasteiger partial charge in [0.05, 0.1) is 11.3 Å². The Morgan fingerprint density at radius 2 is 2.14 bits per heavy atom. The van der Waals surface area contributed by atoms with Crippen LogP contribution in [0.4, 0.5) is 0 Å². The molecule has 7 nitrogen and oxygen atoms in total. The third kappa shape index (κ3) is 3.31. The summed E-state index contributed by atoms with van der Waals surface area (Å²) in [5.41, 5.74) is 1.69. The number of nitrogens with one attached hydrogen (secondary N) is 1. The molecule has 2 N–H and O–H groups in total. The summed E-state index contributed by atoms with van der Waals surface area (Å²) in [6.07, 6.45) is 1.61. The standard InChI is InChI=1S/C14H16N2O5/c1-7(4-11-8(2)16-21-9(11)3)15-13(17)12-5-10(6-20-12)14(18)19/h5-7H,4H2,1-3H3,(H,15,17)(H,18,19). The number of furan rings is 1. The number of aromatic nitrogens is 1. The van der Waals surface area contributed by atoms with Gasteiger partial charge in [-0.2, -0.15) is 0 Å². The first-order valence-electron chi connectivity index (χ1n) is 6.43. The Kier molecular flexibility index (Phi) is 4.11. The molecule has 21 heavy (non-hydrogen) atoms. The van der Waals surface area contributed by atoms with Gasteiger partial charge in [0.15, 0.2) is 5.76 Å². The summed E-state index contributed by atoms with van der Waals surface area (Å²) >= 11 is 0. The lowest BCUT2D eigenvalue weighted by atomic mass is 10.1. The molecular weight excluding hydrogens is 276 g/mol. The van der Waals surface area contributed by atoms with Crippen LogP contribution in [0.15, 0.2) is 21.3 Å². The van der Waals surface area contributed by atoms with Gasteiger partial charge >= 0.3 is 5.97 Å². The van der Waals surface area contributed by atoms with Crippen molar-refractivity contribution in [1.29, 1.82) is 0 Å². The number of carbonyl (C=O) groups is 2. The molecule has 1 unspecified atom stereocenters. The number of nitrogens with zero attached hydrogens (tertiary/aromatic N) is 1. The third-order valence-corrected chi connectivity index (χ3v) is 3.14. The molecule has 2 aromatic rings. The molecule has 0 fully saturated rings. The first-order valence-corrected chi connectivity index (χ1v) is 6.43. The number of hydrogen-bond acceptors (Lipinski definition) is 5. The van der Waals surface area contributed by atoms with Crippen molar-refractivity contribution >= 4 is 11.9 Å². The smallest absolute Gasteiger partial charge is 0.338 e. The highest BCUT2D eigenvalue weighted by atomic mass is 16.5. The summed E-state index contributed by atoms with van der Waals surface area (Å²) in [6.45, 7) is 5.49. The van der Waals surface area contributed by atoms with Crippen LogP contribution in [-0.2, 0) is 6.42 Å². The number of amides is 1. The van der Waals surface area contributed by atoms with Crippen molar-refractivity contribution < 1.29 is 23.6 Å². The molecule has 0 aromatic carbocycles. The van der Waals surface area contributed by atoms with E-state index in [9.17, 15) is 9.59 Å². The number of carboxylic acids is 1. The summed E-state index contributed by atoms with van der Waals surface area (Å²) in [5, 5.41) is 15.4. The molecule has 0 saturated carbocycles. The number of rotatable bonds is 5. The fourth-order valence-electron chi connectivity index (χ4n) is 2.01. The van der Waals surface area contributed by atoms with Crippen molar-refractivity contribution in [2.24, 2.45) is 0 Å². The van der Waals surface area contributed by atoms with Gasteiger partial charge in [-0.05, 0) is 27.2 Å². The van der Waals surface area contributed by atoms with Crippen LogP contribution < -0.4 is 5.32 Å². The van der Waals surface area contributed by atoms with E-state index in [1.54, 1.807) is 0 Å². The summed E-state index contributed by atoms with van der Waals surface area (Å²) in [7, 11) is 0. The highest BCUT2D eigenvalue weighted by Crippen LogP contribution is 2.15. The molecule has 0 radical (unpaired) electrons. The minimum Gasteiger partial charge on any atom is -0.478 e. The molecule has 1 amide bonds. The van der Waals surface area contributed by atoms with Crippen LogP contribution in [0.5, 0.6) is 0 Å². The van der Waals surface area contributed by atoms with Gasteiger partial charge in [0.2, 0.25) is 0 Å². The second-order valence-electron chi connectivity index (χ2n) is 4.89. The molecule has 2 rings (SSSR count). The second kappa shape index (κ2) is 5.82. The monoisotopic (exact) mass is 292 g/mol. The van der Waals surface area contributed by atoms with Crippen LogP contribution in [0.2, 0.25) is 0 Å². The van der Waals surface area contributed by atoms with E-state index in [0.717, 1.165) is 23.3 Å². The maximum atomic E-state index is 12.0. The molecule has 0 aliphatic rings. The fraction of sp³-hybridized carbons (Fsp3) is 0.357. The van der Waals surface area contributed by atoms with Crippen molar-refractivity contribution in [1.82, 2.24) is 10.5 Å². The Balaban J connectivity index is 2.00. The van der Waals surface area contributed by atoms with Crippen molar-refractivity contribution in [3.63, 3.8) is 0 Å². The largest absolute Gasteiger partial charge is 0.478 e. The first kappa shape index (κ1) is 14.8. The fourth-order valence-corrected chi connectivity index (χ4v) is 2.01. The lowest BCUT2D eigenvalue weighted by Crippen LogP contribution is -2.34. The van der Waals surface area contributed by atoms with E-state index in [1.807, 2.05) is 20.8 Å². The highest BCUT2D eigenvalue weighted by Gasteiger charge is 2.18. The minimum atomic E-state index is -1.14. The van der Waals surface area contributed by atoms with Crippen molar-refractivity contribution in [2.75, 3.05) is 0 Å². The van der Waals surface area contributed by atoms with Crippen molar-refractivity contribution in [3.8, 4) is 0 Å². The zero-order valence-electron chi connectivity index (χ0n) is 12.0. The van der Waals surface area contributed by atoms with Gasteiger partial charge in [-0.1, -0.05) is 5.16 Å². The lowest BCUT2D eigenvalue weighted by molar-refractivity contribution is 0.0695. The maximum Gasteiger partial charge on any atom is 0.338 e. The number of aryl methyl sites for hydroxylation is 2. The molecule has 0 spiro atoms. The van der Waals surface area contributed by atoms with Crippen LogP contribution in [0.3, 0.4) is 0 Å². The quantitative estimate of drug-likeness (QED) is 0.872. The Morgan fingerprint density at radius 3 is 2.67 bits per heavy atom. The van der Waals surface area contributed by atoms with Gasteiger partial charge in [0.25, 0.3) is 5.91 Å². The van der Waals surface area contributed by atoms with Crippen molar-refractivity contribution in [2.45, 2.75) is 33.2 Å². The summed E-state index contributed by atoms with van der Waals surface area (Å²) in [4.78, 5) is 22.7. The van der Waals surface area contributed by atoms with Crippen LogP contribution in [0, 0.1) is 13.8 Å². The summed E-state index contributed by atoms with van der Waals surface area (Å²) < 4.78 is 10.0. The predicted octanol–water partition coefficient (Wildman–Crippen LogP) is 1.94. The molecule has 2 heterocycles. The predicted molar refractivity (Wildman–Crippen MR) is 72.3 cm³/mol. The Hall–Kier alpha value is -2.57. The van der Waals surface area contributed by atoms with E-state index in [1.165, 1.54) is 6.07 Å². The number of aromatic carboxylic acids is 1. The first-order chi connectivity index (χ1) is 9.88. The van der Waals surface area contributed by atoms with E-state index in [2.05, 4.69) is 10.5 Å². The third-order valence-electron chi connectivity index (χ3n) is 3.14. The van der Waals surface area contributed by atoms with Gasteiger partial charge in [0.1, 0.15) is 12.0 Å². The molecule has 112 valence electrons. The molecule has 1 atom stereocenters. The number of carbonyl (C=O) groups excluding carboxylic acids is 1. The zero-order chi connectivity index (χ0) is 15.6. The topological polar surface area (TPSA) is 106 Å². The molecule has 7 heteroatoms. The molecule has 0 aliphatic carbocycles. The lowest BCUT2D eigenvalue weighted by Gasteiger charge is -2.12. The number of hydrogen-bond donors (Lipinski definition) is 2. The van der Waals surface area contributed by atoms with Gasteiger partial charge in [-0.25, -0.2) is 4.79 Å². The molecule has 2 aromatic heterocycles. The molecule has 0 saturated heterocycles. The zero-order valence-corrected chi connectivity index (χ0v) is 12.0. The normalized spacial score (nSPS) is 12.1. The highest BCUT2D eigenvalue weighted by molar-refractivity contribution is 5.95. The minimum absolute atomic E-state index is 0.0296. The summed E-state index contributed by atoms with van der Waals surface area (Å²) in [5.74, 6) is -0.902. The Bertz CT molecular complexity index is 651. The number of carboxylic acid groups (broad SMARTS) is 1. The van der Waals surface area contributed by atoms with Crippen LogP contribution >= 0.6 is 0 Å². The molecular formula is C14H16N2O5. The van der Waals surface area contributed by atoms with Crippen LogP contribution in [0.25, 0.3) is 0 Å². The average molecular weight is 292 g/mol. The van der Waals surface area contributed by atoms with E-state index in [-0.39, 0.29) is 17.4 Å². The van der Waals surface area contributed by atoms with E-state index < -0.39 is 11.9 Å². The Labute approximate surface area is 120 Å². The second-order valence-corrected chi connectivity index (χ2v) is 4.89. The van der Waals surface area contributed by atoms with E-state index in [4.69, 9.17) is 14.0 Å². The van der Waals surface area contributed by atoms with Gasteiger partial charge in [0, 0.05) is 17.7 Å².